The fraction of sp³-hybridized carbons (Fsp3) is 0.800. The van der Waals surface area contributed by atoms with Crippen LogP contribution in [-0.2, 0) is 0 Å². The zero-order valence-electron chi connectivity index (χ0n) is 7.25. The Morgan fingerprint density at radius 2 is 2.00 bits per heavy atom. The first-order chi connectivity index (χ1) is 5.07. The van der Waals surface area contributed by atoms with Crippen molar-refractivity contribution in [1.29, 1.82) is 0 Å². The van der Waals surface area contributed by atoms with Gasteiger partial charge in [-0.1, -0.05) is 12.2 Å². The average molecular weight is 152 g/mol. The molecule has 1 saturated carbocycles. The van der Waals surface area contributed by atoms with Crippen molar-refractivity contribution in [3.8, 4) is 0 Å². The molecule has 62 valence electrons. The summed E-state index contributed by atoms with van der Waals surface area (Å²) in [6, 6.07) is 0. The largest absolute Gasteiger partial charge is 0.390 e. The van der Waals surface area contributed by atoms with E-state index in [4.69, 9.17) is 0 Å². The van der Waals surface area contributed by atoms with Crippen LogP contribution in [0, 0.1) is 17.8 Å². The standard InChI is InChI=1S/C10H16O/c1-10(2,11)9-6-7-3-4-8(9)5-7/h3-4,7-9,11H,5-6H2,1-2H3. The summed E-state index contributed by atoms with van der Waals surface area (Å²) >= 11 is 0. The highest BCUT2D eigenvalue weighted by Gasteiger charge is 2.42. The molecule has 0 aromatic rings. The third-order valence-corrected chi connectivity index (χ3v) is 3.19. The minimum absolute atomic E-state index is 0.468. The van der Waals surface area contributed by atoms with E-state index in [0.29, 0.717) is 11.8 Å². The van der Waals surface area contributed by atoms with Gasteiger partial charge in [0.05, 0.1) is 5.60 Å². The van der Waals surface area contributed by atoms with E-state index in [1.54, 1.807) is 0 Å². The number of fused-ring (bicyclic) bond motifs is 2. The third-order valence-electron chi connectivity index (χ3n) is 3.19. The lowest BCUT2D eigenvalue weighted by atomic mass is 9.81. The van der Waals surface area contributed by atoms with E-state index in [1.165, 1.54) is 12.8 Å². The van der Waals surface area contributed by atoms with E-state index < -0.39 is 5.60 Å². The van der Waals surface area contributed by atoms with Gasteiger partial charge in [-0.2, -0.15) is 0 Å². The van der Waals surface area contributed by atoms with Gasteiger partial charge in [-0.25, -0.2) is 0 Å². The summed E-state index contributed by atoms with van der Waals surface area (Å²) in [5.41, 5.74) is -0.468. The van der Waals surface area contributed by atoms with E-state index in [1.807, 2.05) is 13.8 Å². The van der Waals surface area contributed by atoms with Gasteiger partial charge < -0.3 is 5.11 Å². The van der Waals surface area contributed by atoms with Crippen molar-refractivity contribution in [2.24, 2.45) is 17.8 Å². The third kappa shape index (κ3) is 1.12. The Hall–Kier alpha value is -0.300. The zero-order valence-corrected chi connectivity index (χ0v) is 7.25. The molecule has 3 atom stereocenters. The Morgan fingerprint density at radius 1 is 1.27 bits per heavy atom. The van der Waals surface area contributed by atoms with Gasteiger partial charge in [-0.15, -0.1) is 0 Å². The molecule has 2 aliphatic carbocycles. The highest BCUT2D eigenvalue weighted by Crippen LogP contribution is 2.47. The summed E-state index contributed by atoms with van der Waals surface area (Å²) in [7, 11) is 0. The van der Waals surface area contributed by atoms with Crippen LogP contribution in [0.2, 0.25) is 0 Å². The van der Waals surface area contributed by atoms with Crippen molar-refractivity contribution in [2.75, 3.05) is 0 Å². The molecule has 1 N–H and O–H groups in total. The lowest BCUT2D eigenvalue weighted by Crippen LogP contribution is -2.33. The summed E-state index contributed by atoms with van der Waals surface area (Å²) in [6.07, 6.45) is 7.09. The maximum absolute atomic E-state index is 9.81. The monoisotopic (exact) mass is 152 g/mol. The summed E-state index contributed by atoms with van der Waals surface area (Å²) < 4.78 is 0. The van der Waals surface area contributed by atoms with Gasteiger partial charge >= 0.3 is 0 Å². The molecule has 1 nitrogen and oxygen atoms in total. The quantitative estimate of drug-likeness (QED) is 0.569. The molecular formula is C10H16O. The lowest BCUT2D eigenvalue weighted by Gasteiger charge is -2.30. The maximum atomic E-state index is 9.81. The van der Waals surface area contributed by atoms with Gasteiger partial charge in [0, 0.05) is 0 Å². The molecule has 3 unspecified atom stereocenters. The predicted molar refractivity (Wildman–Crippen MR) is 45.1 cm³/mol. The van der Waals surface area contributed by atoms with Crippen LogP contribution in [0.1, 0.15) is 26.7 Å². The summed E-state index contributed by atoms with van der Waals surface area (Å²) in [4.78, 5) is 0. The minimum atomic E-state index is -0.468. The molecule has 1 fully saturated rings. The van der Waals surface area contributed by atoms with Gasteiger partial charge in [-0.3, -0.25) is 0 Å². The highest BCUT2D eigenvalue weighted by molar-refractivity contribution is 5.12. The molecule has 0 heterocycles. The molecule has 0 saturated heterocycles. The molecule has 0 aromatic carbocycles. The van der Waals surface area contributed by atoms with E-state index in [0.717, 1.165) is 5.92 Å². The van der Waals surface area contributed by atoms with Gasteiger partial charge in [-0.05, 0) is 44.4 Å². The molecule has 0 aromatic heterocycles. The second-order valence-electron chi connectivity index (χ2n) is 4.54. The van der Waals surface area contributed by atoms with Gasteiger partial charge in [0.1, 0.15) is 0 Å². The average Bonchev–Trinajstić information content (AvgIpc) is 2.42. The number of rotatable bonds is 1. The van der Waals surface area contributed by atoms with E-state index in [-0.39, 0.29) is 0 Å². The Labute approximate surface area is 68.1 Å². The lowest BCUT2D eigenvalue weighted by molar-refractivity contribution is 0.00587. The van der Waals surface area contributed by atoms with Gasteiger partial charge in [0.25, 0.3) is 0 Å². The molecule has 0 aliphatic heterocycles. The Morgan fingerprint density at radius 3 is 2.27 bits per heavy atom. The molecule has 0 spiro atoms. The molecule has 2 rings (SSSR count). The topological polar surface area (TPSA) is 20.2 Å². The maximum Gasteiger partial charge on any atom is 0.0625 e. The Bertz CT molecular complexity index is 188. The van der Waals surface area contributed by atoms with Crippen molar-refractivity contribution < 1.29 is 5.11 Å². The second kappa shape index (κ2) is 2.10. The first kappa shape index (κ1) is 7.35. The highest BCUT2D eigenvalue weighted by atomic mass is 16.3. The van der Waals surface area contributed by atoms with Crippen molar-refractivity contribution in [1.82, 2.24) is 0 Å². The van der Waals surface area contributed by atoms with Crippen LogP contribution >= 0.6 is 0 Å². The first-order valence-electron chi connectivity index (χ1n) is 4.48. The normalized spacial score (nSPS) is 41.9. The van der Waals surface area contributed by atoms with Crippen LogP contribution in [0.25, 0.3) is 0 Å². The molecule has 2 bridgehead atoms. The zero-order chi connectivity index (χ0) is 8.06. The van der Waals surface area contributed by atoms with E-state index in [9.17, 15) is 5.11 Å². The SMILES string of the molecule is CC(C)(O)C1CC2C=CC1C2. The van der Waals surface area contributed by atoms with Crippen molar-refractivity contribution in [3.05, 3.63) is 12.2 Å². The molecule has 11 heavy (non-hydrogen) atoms. The van der Waals surface area contributed by atoms with Crippen molar-refractivity contribution >= 4 is 0 Å². The van der Waals surface area contributed by atoms with Crippen LogP contribution in [0.15, 0.2) is 12.2 Å². The minimum Gasteiger partial charge on any atom is -0.390 e. The van der Waals surface area contributed by atoms with Gasteiger partial charge in [0.15, 0.2) is 0 Å². The molecule has 0 amide bonds. The van der Waals surface area contributed by atoms with Crippen LogP contribution in [0.3, 0.4) is 0 Å². The summed E-state index contributed by atoms with van der Waals surface area (Å²) in [6.45, 7) is 3.87. The van der Waals surface area contributed by atoms with Crippen LogP contribution in [0.5, 0.6) is 0 Å². The number of allylic oxidation sites excluding steroid dienone is 2. The van der Waals surface area contributed by atoms with Gasteiger partial charge in [0.2, 0.25) is 0 Å². The predicted octanol–water partition coefficient (Wildman–Crippen LogP) is 1.97. The molecule has 2 aliphatic rings. The van der Waals surface area contributed by atoms with Crippen LogP contribution in [0.4, 0.5) is 0 Å². The smallest absolute Gasteiger partial charge is 0.0625 e. The summed E-state index contributed by atoms with van der Waals surface area (Å²) in [5, 5.41) is 9.81. The summed E-state index contributed by atoms with van der Waals surface area (Å²) in [5.74, 6) is 1.95. The van der Waals surface area contributed by atoms with E-state index in [2.05, 4.69) is 12.2 Å². The van der Waals surface area contributed by atoms with Crippen molar-refractivity contribution in [2.45, 2.75) is 32.3 Å². The number of hydrogen-bond donors (Lipinski definition) is 1. The Kier molecular flexibility index (Phi) is 1.40. The number of hydrogen-bond acceptors (Lipinski definition) is 1. The first-order valence-corrected chi connectivity index (χ1v) is 4.48. The second-order valence-corrected chi connectivity index (χ2v) is 4.54. The van der Waals surface area contributed by atoms with Crippen molar-refractivity contribution in [3.63, 3.8) is 0 Å². The number of aliphatic hydroxyl groups is 1. The van der Waals surface area contributed by atoms with E-state index >= 15 is 0 Å². The molecule has 1 heteroatoms. The molecular weight excluding hydrogens is 136 g/mol. The molecule has 0 radical (unpaired) electrons. The fourth-order valence-electron chi connectivity index (χ4n) is 2.59. The van der Waals surface area contributed by atoms with Crippen LogP contribution in [-0.4, -0.2) is 10.7 Å². The Balaban J connectivity index is 2.15. The fourth-order valence-corrected chi connectivity index (χ4v) is 2.59. The van der Waals surface area contributed by atoms with Crippen LogP contribution < -0.4 is 0 Å².